The summed E-state index contributed by atoms with van der Waals surface area (Å²) in [7, 11) is 0. The summed E-state index contributed by atoms with van der Waals surface area (Å²) in [5, 5.41) is 0. The summed E-state index contributed by atoms with van der Waals surface area (Å²) in [6.45, 7) is 3.08. The van der Waals surface area contributed by atoms with Gasteiger partial charge in [-0.15, -0.1) is 0 Å². The summed E-state index contributed by atoms with van der Waals surface area (Å²) in [4.78, 5) is 2.56. The van der Waals surface area contributed by atoms with Crippen molar-refractivity contribution in [2.75, 3.05) is 4.90 Å². The second kappa shape index (κ2) is 4.19. The van der Waals surface area contributed by atoms with Crippen molar-refractivity contribution < 1.29 is 8.83 Å². The fourth-order valence-electron chi connectivity index (χ4n) is 4.46. The van der Waals surface area contributed by atoms with Crippen LogP contribution in [-0.2, 0) is 12.1 Å². The first-order valence-corrected chi connectivity index (χ1v) is 8.12. The summed E-state index contributed by atoms with van der Waals surface area (Å²) in [5.41, 5.74) is 5.79. The van der Waals surface area contributed by atoms with Crippen LogP contribution in [0.25, 0.3) is 11.2 Å². The highest BCUT2D eigenvalue weighted by Gasteiger charge is 2.51. The van der Waals surface area contributed by atoms with E-state index in [2.05, 4.69) is 36.1 Å². The first kappa shape index (κ1) is 12.4. The maximum absolute atomic E-state index is 6.24. The molecule has 1 aliphatic heterocycles. The molecule has 0 amide bonds. The summed E-state index contributed by atoms with van der Waals surface area (Å²) in [6, 6.07) is 10.6. The zero-order valence-electron chi connectivity index (χ0n) is 12.8. The molecule has 1 aromatic carbocycles. The molecule has 5 rings (SSSR count). The van der Waals surface area contributed by atoms with Gasteiger partial charge in [-0.1, -0.05) is 31.0 Å². The number of hydrogen-bond acceptors (Lipinski definition) is 3. The van der Waals surface area contributed by atoms with Crippen molar-refractivity contribution in [1.29, 1.82) is 0 Å². The summed E-state index contributed by atoms with van der Waals surface area (Å²) in [6.07, 6.45) is 6.61. The van der Waals surface area contributed by atoms with Crippen molar-refractivity contribution >= 4 is 16.9 Å². The van der Waals surface area contributed by atoms with Crippen LogP contribution in [0.2, 0.25) is 0 Å². The molecule has 1 aliphatic carbocycles. The van der Waals surface area contributed by atoms with Gasteiger partial charge in [-0.05, 0) is 31.4 Å². The van der Waals surface area contributed by atoms with Gasteiger partial charge in [-0.3, -0.25) is 0 Å². The van der Waals surface area contributed by atoms with Crippen molar-refractivity contribution in [2.45, 2.75) is 44.7 Å². The van der Waals surface area contributed by atoms with Crippen LogP contribution in [0.1, 0.15) is 42.6 Å². The largest absolute Gasteiger partial charge is 0.460 e. The topological polar surface area (TPSA) is 29.5 Å². The van der Waals surface area contributed by atoms with E-state index in [1.807, 2.05) is 6.07 Å². The Morgan fingerprint density at radius 2 is 1.91 bits per heavy atom. The zero-order chi connectivity index (χ0) is 14.7. The molecule has 0 unspecified atom stereocenters. The van der Waals surface area contributed by atoms with E-state index in [0.29, 0.717) is 0 Å². The van der Waals surface area contributed by atoms with Gasteiger partial charge in [0.05, 0.1) is 23.9 Å². The van der Waals surface area contributed by atoms with Gasteiger partial charge in [0.2, 0.25) is 0 Å². The third-order valence-electron chi connectivity index (χ3n) is 5.48. The van der Waals surface area contributed by atoms with Gasteiger partial charge in [0, 0.05) is 11.8 Å². The number of para-hydroxylation sites is 1. The molecule has 3 aromatic rings. The third kappa shape index (κ3) is 1.41. The Kier molecular flexibility index (Phi) is 2.36. The van der Waals surface area contributed by atoms with Crippen LogP contribution in [0, 0.1) is 6.92 Å². The van der Waals surface area contributed by atoms with Crippen molar-refractivity contribution in [2.24, 2.45) is 0 Å². The number of fused-ring (bicyclic) bond motifs is 4. The molecular formula is C19H19NO2. The molecule has 0 radical (unpaired) electrons. The maximum Gasteiger partial charge on any atom is 0.177 e. The predicted molar refractivity (Wildman–Crippen MR) is 86.0 cm³/mol. The minimum atomic E-state index is 0.0307. The Morgan fingerprint density at radius 1 is 1.09 bits per heavy atom. The fraction of sp³-hybridized carbons (Fsp3) is 0.368. The number of hydrogen-bond donors (Lipinski definition) is 0. The number of nitrogens with zero attached hydrogens (tertiary/aromatic N) is 1. The highest BCUT2D eigenvalue weighted by atomic mass is 16.4. The van der Waals surface area contributed by atoms with Crippen LogP contribution in [-0.4, -0.2) is 0 Å². The standard InChI is InChI=1S/C19H19NO2/c1-13-6-2-3-7-15(13)20-12-14-17-16(8-11-21-17)22-18(14)19(20)9-4-5-10-19/h2-3,6-8,11H,4-5,9-10,12H2,1H3. The molecule has 112 valence electrons. The van der Waals surface area contributed by atoms with E-state index in [0.717, 1.165) is 23.5 Å². The lowest BCUT2D eigenvalue weighted by Crippen LogP contribution is -2.39. The van der Waals surface area contributed by atoms with Crippen molar-refractivity contribution in [1.82, 2.24) is 0 Å². The molecule has 1 spiro atoms. The van der Waals surface area contributed by atoms with Gasteiger partial charge in [-0.25, -0.2) is 0 Å². The molecule has 3 heterocycles. The lowest BCUT2D eigenvalue weighted by molar-refractivity contribution is 0.358. The van der Waals surface area contributed by atoms with Gasteiger partial charge in [0.15, 0.2) is 11.2 Å². The monoisotopic (exact) mass is 293 g/mol. The van der Waals surface area contributed by atoms with E-state index in [1.165, 1.54) is 42.5 Å². The number of furan rings is 2. The average molecular weight is 293 g/mol. The Balaban J connectivity index is 1.73. The van der Waals surface area contributed by atoms with Gasteiger partial charge < -0.3 is 13.7 Å². The van der Waals surface area contributed by atoms with Crippen molar-refractivity contribution in [3.63, 3.8) is 0 Å². The lowest BCUT2D eigenvalue weighted by Gasteiger charge is -2.37. The molecule has 0 atom stereocenters. The van der Waals surface area contributed by atoms with E-state index in [1.54, 1.807) is 6.26 Å². The molecule has 2 aromatic heterocycles. The molecule has 1 saturated carbocycles. The van der Waals surface area contributed by atoms with Crippen LogP contribution >= 0.6 is 0 Å². The number of anilines is 1. The minimum Gasteiger partial charge on any atom is -0.460 e. The molecule has 0 saturated heterocycles. The number of benzene rings is 1. The van der Waals surface area contributed by atoms with Crippen LogP contribution < -0.4 is 4.90 Å². The van der Waals surface area contributed by atoms with Gasteiger partial charge >= 0.3 is 0 Å². The van der Waals surface area contributed by atoms with E-state index >= 15 is 0 Å². The molecular weight excluding hydrogens is 274 g/mol. The predicted octanol–water partition coefficient (Wildman–Crippen LogP) is 5.12. The normalized spacial score (nSPS) is 19.4. The Hall–Kier alpha value is -2.16. The van der Waals surface area contributed by atoms with E-state index in [9.17, 15) is 0 Å². The highest BCUT2D eigenvalue weighted by Crippen LogP contribution is 2.54. The molecule has 3 heteroatoms. The van der Waals surface area contributed by atoms with Crippen LogP contribution in [0.3, 0.4) is 0 Å². The highest BCUT2D eigenvalue weighted by molar-refractivity contribution is 5.79. The zero-order valence-corrected chi connectivity index (χ0v) is 12.8. The number of rotatable bonds is 1. The van der Waals surface area contributed by atoms with Gasteiger partial charge in [-0.2, -0.15) is 0 Å². The van der Waals surface area contributed by atoms with Crippen molar-refractivity contribution in [3.05, 3.63) is 53.5 Å². The maximum atomic E-state index is 6.24. The first-order chi connectivity index (χ1) is 10.8. The molecule has 0 bridgehead atoms. The summed E-state index contributed by atoms with van der Waals surface area (Å²) >= 11 is 0. The van der Waals surface area contributed by atoms with Crippen LogP contribution in [0.15, 0.2) is 45.4 Å². The summed E-state index contributed by atoms with van der Waals surface area (Å²) < 4.78 is 11.9. The quantitative estimate of drug-likeness (QED) is 0.623. The second-order valence-corrected chi connectivity index (χ2v) is 6.64. The Morgan fingerprint density at radius 3 is 2.73 bits per heavy atom. The second-order valence-electron chi connectivity index (χ2n) is 6.64. The third-order valence-corrected chi connectivity index (χ3v) is 5.48. The molecule has 1 fully saturated rings. The molecule has 0 N–H and O–H groups in total. The van der Waals surface area contributed by atoms with Crippen LogP contribution in [0.5, 0.6) is 0 Å². The van der Waals surface area contributed by atoms with E-state index in [4.69, 9.17) is 8.83 Å². The average Bonchev–Trinajstić information content (AvgIpc) is 3.25. The van der Waals surface area contributed by atoms with E-state index in [-0.39, 0.29) is 5.54 Å². The smallest absolute Gasteiger partial charge is 0.177 e. The van der Waals surface area contributed by atoms with Crippen LogP contribution in [0.4, 0.5) is 5.69 Å². The Bertz CT molecular complexity index is 851. The summed E-state index contributed by atoms with van der Waals surface area (Å²) in [5.74, 6) is 1.16. The van der Waals surface area contributed by atoms with Gasteiger partial charge in [0.1, 0.15) is 5.76 Å². The van der Waals surface area contributed by atoms with Gasteiger partial charge in [0.25, 0.3) is 0 Å². The lowest BCUT2D eigenvalue weighted by atomic mass is 9.93. The van der Waals surface area contributed by atoms with Crippen molar-refractivity contribution in [3.8, 4) is 0 Å². The Labute approximate surface area is 129 Å². The number of aryl methyl sites for hydroxylation is 1. The molecule has 22 heavy (non-hydrogen) atoms. The fourth-order valence-corrected chi connectivity index (χ4v) is 4.46. The first-order valence-electron chi connectivity index (χ1n) is 8.12. The molecule has 2 aliphatic rings. The van der Waals surface area contributed by atoms with E-state index < -0.39 is 0 Å². The minimum absolute atomic E-state index is 0.0307. The molecule has 3 nitrogen and oxygen atoms in total. The SMILES string of the molecule is Cc1ccccc1N1Cc2c(oc3ccoc23)C12CCCC2.